The largest absolute Gasteiger partial charge is 0.372 e. The number of nitrogens with two attached hydrogens (primary N) is 1. The fourth-order valence-electron chi connectivity index (χ4n) is 9.69. The van der Waals surface area contributed by atoms with E-state index < -0.39 is 0 Å². The van der Waals surface area contributed by atoms with Gasteiger partial charge in [-0.25, -0.2) is 4.98 Å². The smallest absolute Gasteiger partial charge is 0.219 e. The number of hydrogen-bond acceptors (Lipinski definition) is 4. The lowest BCUT2D eigenvalue weighted by Gasteiger charge is -2.57. The van der Waals surface area contributed by atoms with Gasteiger partial charge in [-0.3, -0.25) is 4.79 Å². The van der Waals surface area contributed by atoms with Crippen LogP contribution in [-0.2, 0) is 17.9 Å². The summed E-state index contributed by atoms with van der Waals surface area (Å²) < 4.78 is 2.53. The second kappa shape index (κ2) is 14.0. The van der Waals surface area contributed by atoms with Crippen LogP contribution < -0.4 is 16.0 Å². The summed E-state index contributed by atoms with van der Waals surface area (Å²) >= 11 is 12.4. The van der Waals surface area contributed by atoms with E-state index in [2.05, 4.69) is 71.1 Å². The van der Waals surface area contributed by atoms with Gasteiger partial charge in [0.2, 0.25) is 5.91 Å². The highest BCUT2D eigenvalue weighted by molar-refractivity contribution is 6.42. The Morgan fingerprint density at radius 1 is 0.938 bits per heavy atom. The third kappa shape index (κ3) is 6.99. The van der Waals surface area contributed by atoms with Crippen molar-refractivity contribution in [1.82, 2.24) is 14.9 Å². The topological polar surface area (TPSA) is 76.2 Å². The predicted octanol–water partition coefficient (Wildman–Crippen LogP) is 9.56. The molecule has 1 unspecified atom stereocenters. The highest BCUT2D eigenvalue weighted by Gasteiger charge is 2.51. The minimum Gasteiger partial charge on any atom is -0.372 e. The summed E-state index contributed by atoms with van der Waals surface area (Å²) in [5, 5.41) is 4.58. The predicted molar refractivity (Wildman–Crippen MR) is 198 cm³/mol. The van der Waals surface area contributed by atoms with Gasteiger partial charge in [0, 0.05) is 49.9 Å². The molecule has 1 amide bonds. The molecule has 4 bridgehead atoms. The van der Waals surface area contributed by atoms with Gasteiger partial charge in [0.25, 0.3) is 0 Å². The van der Waals surface area contributed by atoms with Crippen LogP contribution in [0.2, 0.25) is 10.0 Å². The van der Waals surface area contributed by atoms with E-state index in [0.717, 1.165) is 83.8 Å². The number of fused-ring (bicyclic) bond motifs is 1. The molecule has 6 nitrogen and oxygen atoms in total. The summed E-state index contributed by atoms with van der Waals surface area (Å²) in [5.41, 5.74) is 12.6. The van der Waals surface area contributed by atoms with Crippen LogP contribution in [0.25, 0.3) is 22.4 Å². The van der Waals surface area contributed by atoms with E-state index in [-0.39, 0.29) is 18.4 Å². The second-order valence-corrected chi connectivity index (χ2v) is 15.9. The monoisotopic (exact) mass is 685 g/mol. The Morgan fingerprint density at radius 2 is 1.60 bits per heavy atom. The maximum Gasteiger partial charge on any atom is 0.219 e. The van der Waals surface area contributed by atoms with E-state index in [1.54, 1.807) is 6.07 Å². The summed E-state index contributed by atoms with van der Waals surface area (Å²) in [7, 11) is 0. The van der Waals surface area contributed by atoms with Crippen LogP contribution in [0.1, 0.15) is 88.8 Å². The van der Waals surface area contributed by atoms with Crippen molar-refractivity contribution in [1.29, 1.82) is 0 Å². The molecule has 8 rings (SSSR count). The number of carbonyl (C=O) groups is 1. The van der Waals surface area contributed by atoms with E-state index in [4.69, 9.17) is 33.9 Å². The zero-order valence-electron chi connectivity index (χ0n) is 28.4. The highest BCUT2D eigenvalue weighted by Crippen LogP contribution is 2.61. The first-order valence-corrected chi connectivity index (χ1v) is 18.8. The zero-order chi connectivity index (χ0) is 33.4. The molecule has 4 aliphatic rings. The molecule has 3 N–H and O–H groups in total. The zero-order valence-corrected chi connectivity index (χ0v) is 29.9. The summed E-state index contributed by atoms with van der Waals surface area (Å²) in [6, 6.07) is 20.9. The molecule has 0 saturated heterocycles. The molecule has 0 radical (unpaired) electrons. The maximum absolute atomic E-state index is 12.2. The van der Waals surface area contributed by atoms with Crippen molar-refractivity contribution in [3.05, 3.63) is 81.8 Å². The quantitative estimate of drug-likeness (QED) is 0.139. The SMILES string of the molecule is CCCN(CCC)c1ccc(-c2nc3cc(C(CC(N)=O)NCc4ccc(Cl)c(Cl)c4)ccc3n2CC23CC4CC(CC(C4)C2)C3)cc1. The van der Waals surface area contributed by atoms with Gasteiger partial charge in [0.05, 0.1) is 21.1 Å². The molecular weight excluding hydrogens is 637 g/mol. The van der Waals surface area contributed by atoms with Gasteiger partial charge in [0.1, 0.15) is 5.82 Å². The molecule has 1 atom stereocenters. The van der Waals surface area contributed by atoms with Crippen molar-refractivity contribution >= 4 is 45.8 Å². The van der Waals surface area contributed by atoms with Crippen LogP contribution in [0.15, 0.2) is 60.7 Å². The van der Waals surface area contributed by atoms with Gasteiger partial charge in [-0.15, -0.1) is 0 Å². The van der Waals surface area contributed by atoms with Crippen molar-refractivity contribution in [2.45, 2.75) is 90.8 Å². The van der Waals surface area contributed by atoms with Gasteiger partial charge in [-0.05, 0) is 134 Å². The molecule has 4 aromatic rings. The van der Waals surface area contributed by atoms with Crippen molar-refractivity contribution in [3.8, 4) is 11.4 Å². The lowest BCUT2D eigenvalue weighted by molar-refractivity contribution is -0.118. The molecule has 8 heteroatoms. The fourth-order valence-corrected chi connectivity index (χ4v) is 10.0. The number of aromatic nitrogens is 2. The standard InChI is InChI=1S/C40H49Cl2N5O/c1-3-13-46(14-4-2)32-9-6-30(7-10-32)39-45-36-19-31(35(20-38(43)48)44-24-26-5-11-33(41)34(42)18-26)8-12-37(36)47(39)25-40-21-27-15-28(22-40)17-29(16-27)23-40/h5-12,18-19,27-29,35,44H,3-4,13-17,20-25H2,1-2H3,(H2,43,48). The summed E-state index contributed by atoms with van der Waals surface area (Å²) in [4.78, 5) is 20.1. The average molecular weight is 687 g/mol. The van der Waals surface area contributed by atoms with E-state index >= 15 is 0 Å². The number of amides is 1. The number of imidazole rings is 1. The van der Waals surface area contributed by atoms with E-state index in [9.17, 15) is 4.79 Å². The van der Waals surface area contributed by atoms with Gasteiger partial charge in [-0.2, -0.15) is 0 Å². The Labute approximate surface area is 295 Å². The van der Waals surface area contributed by atoms with Crippen molar-refractivity contribution in [3.63, 3.8) is 0 Å². The number of rotatable bonds is 14. The first-order valence-electron chi connectivity index (χ1n) is 18.0. The minimum atomic E-state index is -0.352. The first-order chi connectivity index (χ1) is 23.2. The molecule has 1 heterocycles. The number of halogens is 2. The lowest BCUT2D eigenvalue weighted by atomic mass is 9.49. The third-order valence-corrected chi connectivity index (χ3v) is 12.0. The number of hydrogen-bond donors (Lipinski definition) is 2. The van der Waals surface area contributed by atoms with Crippen LogP contribution in [0, 0.1) is 23.2 Å². The molecule has 0 spiro atoms. The van der Waals surface area contributed by atoms with Gasteiger partial charge in [-0.1, -0.05) is 49.2 Å². The highest BCUT2D eigenvalue weighted by atomic mass is 35.5. The Kier molecular flexibility index (Phi) is 9.79. The first kappa shape index (κ1) is 33.4. The summed E-state index contributed by atoms with van der Waals surface area (Å²) in [6.07, 6.45) is 10.8. The number of carbonyl (C=O) groups excluding carboxylic acids is 1. The number of primary amides is 1. The van der Waals surface area contributed by atoms with Crippen molar-refractivity contribution < 1.29 is 4.79 Å². The molecule has 0 aliphatic heterocycles. The molecule has 4 saturated carbocycles. The summed E-state index contributed by atoms with van der Waals surface area (Å²) in [6.45, 7) is 8.15. The Bertz CT molecular complexity index is 1720. The molecule has 3 aromatic carbocycles. The number of nitrogens with zero attached hydrogens (tertiary/aromatic N) is 3. The number of nitrogens with one attached hydrogen (secondary N) is 1. The molecule has 48 heavy (non-hydrogen) atoms. The maximum atomic E-state index is 12.2. The second-order valence-electron chi connectivity index (χ2n) is 15.1. The van der Waals surface area contributed by atoms with Crippen LogP contribution in [0.3, 0.4) is 0 Å². The summed E-state index contributed by atoms with van der Waals surface area (Å²) in [5.74, 6) is 3.35. The molecule has 1 aromatic heterocycles. The Hall–Kier alpha value is -3.06. The number of anilines is 1. The normalized spacial score (nSPS) is 23.5. The van der Waals surface area contributed by atoms with Gasteiger partial charge in [0.15, 0.2) is 0 Å². The molecule has 4 aliphatic carbocycles. The molecule has 254 valence electrons. The Balaban J connectivity index is 1.24. The lowest BCUT2D eigenvalue weighted by Crippen LogP contribution is -2.47. The van der Waals surface area contributed by atoms with Gasteiger partial charge >= 0.3 is 0 Å². The van der Waals surface area contributed by atoms with Crippen LogP contribution in [0.5, 0.6) is 0 Å². The minimum absolute atomic E-state index is 0.182. The molecule has 4 fully saturated rings. The fraction of sp³-hybridized carbons (Fsp3) is 0.500. The van der Waals surface area contributed by atoms with Gasteiger partial charge < -0.3 is 20.5 Å². The van der Waals surface area contributed by atoms with Crippen LogP contribution in [0.4, 0.5) is 5.69 Å². The van der Waals surface area contributed by atoms with Crippen LogP contribution in [-0.4, -0.2) is 28.5 Å². The average Bonchev–Trinajstić information content (AvgIpc) is 3.40. The van der Waals surface area contributed by atoms with Crippen molar-refractivity contribution in [2.75, 3.05) is 18.0 Å². The van der Waals surface area contributed by atoms with Crippen LogP contribution >= 0.6 is 23.2 Å². The van der Waals surface area contributed by atoms with E-state index in [0.29, 0.717) is 22.0 Å². The third-order valence-electron chi connectivity index (χ3n) is 11.3. The van der Waals surface area contributed by atoms with E-state index in [1.807, 2.05) is 12.1 Å². The van der Waals surface area contributed by atoms with E-state index in [1.165, 1.54) is 44.2 Å². The number of benzene rings is 3. The van der Waals surface area contributed by atoms with Crippen molar-refractivity contribution in [2.24, 2.45) is 28.9 Å². The Morgan fingerprint density at radius 3 is 2.21 bits per heavy atom. The molecular formula is C40H49Cl2N5O.